The zero-order chi connectivity index (χ0) is 16.1. The summed E-state index contributed by atoms with van der Waals surface area (Å²) in [4.78, 5) is 16.1. The smallest absolute Gasteiger partial charge is 0.226 e. The highest BCUT2D eigenvalue weighted by Crippen LogP contribution is 2.28. The SMILES string of the molecule is CCOc1ccccc1CN1C[C@@H](CO)[C@H](C(=O)N(C)C)C1. The van der Waals surface area contributed by atoms with Crippen molar-refractivity contribution in [2.24, 2.45) is 11.8 Å². The van der Waals surface area contributed by atoms with Gasteiger partial charge < -0.3 is 14.7 Å². The fraction of sp³-hybridized carbons (Fsp3) is 0.588. The summed E-state index contributed by atoms with van der Waals surface area (Å²) in [5.41, 5.74) is 1.12. The molecule has 2 rings (SSSR count). The molecule has 122 valence electrons. The first-order chi connectivity index (χ1) is 10.6. The zero-order valence-corrected chi connectivity index (χ0v) is 13.7. The van der Waals surface area contributed by atoms with Crippen LogP contribution in [-0.2, 0) is 11.3 Å². The number of carbonyl (C=O) groups excluding carboxylic acids is 1. The summed E-state index contributed by atoms with van der Waals surface area (Å²) in [6.07, 6.45) is 0. The number of amides is 1. The minimum atomic E-state index is -0.126. The maximum absolute atomic E-state index is 12.2. The Labute approximate surface area is 132 Å². The van der Waals surface area contributed by atoms with Gasteiger partial charge in [-0.1, -0.05) is 18.2 Å². The summed E-state index contributed by atoms with van der Waals surface area (Å²) in [7, 11) is 3.54. The summed E-state index contributed by atoms with van der Waals surface area (Å²) in [6.45, 7) is 4.82. The largest absolute Gasteiger partial charge is 0.494 e. The third-order valence-electron chi connectivity index (χ3n) is 4.18. The number of aliphatic hydroxyl groups is 1. The number of carbonyl (C=O) groups is 1. The number of nitrogens with zero attached hydrogens (tertiary/aromatic N) is 2. The monoisotopic (exact) mass is 306 g/mol. The van der Waals surface area contributed by atoms with Crippen LogP contribution in [0.4, 0.5) is 0 Å². The number of hydrogen-bond donors (Lipinski definition) is 1. The molecule has 5 heteroatoms. The Morgan fingerprint density at radius 1 is 1.36 bits per heavy atom. The number of ether oxygens (including phenoxy) is 1. The van der Waals surface area contributed by atoms with Gasteiger partial charge in [0.1, 0.15) is 5.75 Å². The number of para-hydroxylation sites is 1. The van der Waals surface area contributed by atoms with Gasteiger partial charge in [0.25, 0.3) is 0 Å². The third kappa shape index (κ3) is 3.78. The highest BCUT2D eigenvalue weighted by molar-refractivity contribution is 5.79. The molecule has 1 aliphatic rings. The number of benzene rings is 1. The van der Waals surface area contributed by atoms with E-state index in [4.69, 9.17) is 4.74 Å². The fourth-order valence-electron chi connectivity index (χ4n) is 3.06. The van der Waals surface area contributed by atoms with Crippen molar-refractivity contribution in [2.45, 2.75) is 13.5 Å². The van der Waals surface area contributed by atoms with Crippen LogP contribution in [0, 0.1) is 11.8 Å². The zero-order valence-electron chi connectivity index (χ0n) is 13.7. The average Bonchev–Trinajstić information content (AvgIpc) is 2.91. The second-order valence-corrected chi connectivity index (χ2v) is 6.02. The molecule has 0 radical (unpaired) electrons. The Bertz CT molecular complexity index is 504. The molecule has 0 bridgehead atoms. The number of rotatable bonds is 6. The predicted molar refractivity (Wildman–Crippen MR) is 85.6 cm³/mol. The van der Waals surface area contributed by atoms with Gasteiger partial charge in [-0.2, -0.15) is 0 Å². The van der Waals surface area contributed by atoms with Crippen LogP contribution in [0.5, 0.6) is 5.75 Å². The van der Waals surface area contributed by atoms with E-state index in [1.807, 2.05) is 25.1 Å². The van der Waals surface area contributed by atoms with E-state index in [0.717, 1.165) is 24.4 Å². The van der Waals surface area contributed by atoms with Crippen LogP contribution in [0.25, 0.3) is 0 Å². The van der Waals surface area contributed by atoms with Gasteiger partial charge >= 0.3 is 0 Å². The lowest BCUT2D eigenvalue weighted by Gasteiger charge is -2.20. The molecule has 1 aromatic rings. The van der Waals surface area contributed by atoms with Crippen LogP contribution in [0.1, 0.15) is 12.5 Å². The van der Waals surface area contributed by atoms with Gasteiger partial charge in [0.05, 0.1) is 12.5 Å². The Balaban J connectivity index is 2.07. The molecule has 0 saturated carbocycles. The first-order valence-corrected chi connectivity index (χ1v) is 7.81. The standard InChI is InChI=1S/C17H26N2O3/c1-4-22-16-8-6-5-7-13(16)9-19-10-14(12-20)15(11-19)17(21)18(2)3/h5-8,14-15,20H,4,9-12H2,1-3H3/t14-,15+/m0/s1. The minimum absolute atomic E-state index is 0.00848. The van der Waals surface area contributed by atoms with Crippen molar-refractivity contribution in [1.82, 2.24) is 9.80 Å². The summed E-state index contributed by atoms with van der Waals surface area (Å²) >= 11 is 0. The van der Waals surface area contributed by atoms with Gasteiger partial charge in [0.15, 0.2) is 0 Å². The third-order valence-corrected chi connectivity index (χ3v) is 4.18. The summed E-state index contributed by atoms with van der Waals surface area (Å²) in [5.74, 6) is 0.876. The Hall–Kier alpha value is -1.59. The Morgan fingerprint density at radius 3 is 2.73 bits per heavy atom. The number of hydrogen-bond acceptors (Lipinski definition) is 4. The Morgan fingerprint density at radius 2 is 2.09 bits per heavy atom. The van der Waals surface area contributed by atoms with Crippen molar-refractivity contribution in [1.29, 1.82) is 0 Å². The molecule has 1 amide bonds. The van der Waals surface area contributed by atoms with E-state index >= 15 is 0 Å². The first-order valence-electron chi connectivity index (χ1n) is 7.81. The molecule has 0 aromatic heterocycles. The van der Waals surface area contributed by atoms with Crippen molar-refractivity contribution in [2.75, 3.05) is 40.4 Å². The van der Waals surface area contributed by atoms with Gasteiger partial charge in [-0.25, -0.2) is 0 Å². The van der Waals surface area contributed by atoms with Crippen molar-refractivity contribution < 1.29 is 14.6 Å². The van der Waals surface area contributed by atoms with E-state index in [1.54, 1.807) is 19.0 Å². The summed E-state index contributed by atoms with van der Waals surface area (Å²) in [5, 5.41) is 9.57. The highest BCUT2D eigenvalue weighted by Gasteiger charge is 2.37. The maximum atomic E-state index is 12.2. The lowest BCUT2D eigenvalue weighted by Crippen LogP contribution is -2.35. The van der Waals surface area contributed by atoms with E-state index in [0.29, 0.717) is 13.2 Å². The molecule has 2 atom stereocenters. The molecule has 0 aliphatic carbocycles. The molecule has 5 nitrogen and oxygen atoms in total. The summed E-state index contributed by atoms with van der Waals surface area (Å²) in [6, 6.07) is 7.99. The van der Waals surface area contributed by atoms with Gasteiger partial charge in [-0.15, -0.1) is 0 Å². The molecule has 22 heavy (non-hydrogen) atoms. The number of aliphatic hydroxyl groups excluding tert-OH is 1. The van der Waals surface area contributed by atoms with Crippen LogP contribution in [0.2, 0.25) is 0 Å². The minimum Gasteiger partial charge on any atom is -0.494 e. The molecule has 0 spiro atoms. The highest BCUT2D eigenvalue weighted by atomic mass is 16.5. The fourth-order valence-corrected chi connectivity index (χ4v) is 3.06. The van der Waals surface area contributed by atoms with E-state index in [-0.39, 0.29) is 24.3 Å². The van der Waals surface area contributed by atoms with Gasteiger partial charge in [-0.3, -0.25) is 9.69 Å². The quantitative estimate of drug-likeness (QED) is 0.858. The van der Waals surface area contributed by atoms with E-state index in [2.05, 4.69) is 11.0 Å². The molecule has 1 heterocycles. The van der Waals surface area contributed by atoms with E-state index in [1.165, 1.54) is 0 Å². The Kier molecular flexibility index (Phi) is 5.80. The molecule has 1 saturated heterocycles. The molecule has 1 aliphatic heterocycles. The molecule has 1 N–H and O–H groups in total. The molecule has 1 fully saturated rings. The van der Waals surface area contributed by atoms with Crippen molar-refractivity contribution in [3.05, 3.63) is 29.8 Å². The molecular weight excluding hydrogens is 280 g/mol. The van der Waals surface area contributed by atoms with Gasteiger partial charge in [-0.05, 0) is 13.0 Å². The lowest BCUT2D eigenvalue weighted by molar-refractivity contribution is -0.134. The van der Waals surface area contributed by atoms with Crippen LogP contribution in [0.15, 0.2) is 24.3 Å². The predicted octanol–water partition coefficient (Wildman–Crippen LogP) is 1.21. The van der Waals surface area contributed by atoms with Gasteiger partial charge in [0.2, 0.25) is 5.91 Å². The van der Waals surface area contributed by atoms with E-state index < -0.39 is 0 Å². The van der Waals surface area contributed by atoms with Crippen LogP contribution in [0.3, 0.4) is 0 Å². The number of likely N-dealkylation sites (tertiary alicyclic amines) is 1. The first kappa shape index (κ1) is 16.8. The summed E-state index contributed by atoms with van der Waals surface area (Å²) < 4.78 is 5.66. The van der Waals surface area contributed by atoms with Crippen molar-refractivity contribution in [3.63, 3.8) is 0 Å². The normalized spacial score (nSPS) is 21.8. The van der Waals surface area contributed by atoms with Crippen molar-refractivity contribution >= 4 is 5.91 Å². The second-order valence-electron chi connectivity index (χ2n) is 6.02. The molecule has 0 unspecified atom stereocenters. The topological polar surface area (TPSA) is 53.0 Å². The van der Waals surface area contributed by atoms with Crippen LogP contribution < -0.4 is 4.74 Å². The molecule has 1 aromatic carbocycles. The second kappa shape index (κ2) is 7.61. The van der Waals surface area contributed by atoms with Crippen LogP contribution in [-0.4, -0.2) is 61.2 Å². The van der Waals surface area contributed by atoms with Crippen molar-refractivity contribution in [3.8, 4) is 5.75 Å². The lowest BCUT2D eigenvalue weighted by atomic mass is 9.96. The van der Waals surface area contributed by atoms with E-state index in [9.17, 15) is 9.90 Å². The van der Waals surface area contributed by atoms with Gasteiger partial charge in [0, 0.05) is 51.8 Å². The average molecular weight is 306 g/mol. The van der Waals surface area contributed by atoms with Crippen LogP contribution >= 0.6 is 0 Å². The maximum Gasteiger partial charge on any atom is 0.226 e. The molecular formula is C17H26N2O3.